The van der Waals surface area contributed by atoms with Gasteiger partial charge in [0.05, 0.1) is 4.90 Å². The van der Waals surface area contributed by atoms with Gasteiger partial charge in [-0.15, -0.1) is 0 Å². The molecule has 5 nitrogen and oxygen atoms in total. The van der Waals surface area contributed by atoms with Crippen molar-refractivity contribution in [2.75, 3.05) is 12.8 Å². The highest BCUT2D eigenvalue weighted by Crippen LogP contribution is 2.22. The molecule has 0 bridgehead atoms. The van der Waals surface area contributed by atoms with Gasteiger partial charge in [0.15, 0.2) is 0 Å². The molecule has 0 heterocycles. The summed E-state index contributed by atoms with van der Waals surface area (Å²) < 4.78 is 34.3. The van der Waals surface area contributed by atoms with Gasteiger partial charge < -0.3 is 5.32 Å². The van der Waals surface area contributed by atoms with Crippen LogP contribution < -0.4 is 5.32 Å². The Morgan fingerprint density at radius 3 is 2.57 bits per heavy atom. The Morgan fingerprint density at radius 2 is 2.05 bits per heavy atom. The third-order valence-corrected chi connectivity index (χ3v) is 5.98. The quantitative estimate of drug-likeness (QED) is 0.721. The highest BCUT2D eigenvalue weighted by molar-refractivity contribution is 9.10. The molecule has 0 aromatic heterocycles. The molecule has 0 fully saturated rings. The predicted octanol–water partition coefficient (Wildman–Crippen LogP) is 2.26. The van der Waals surface area contributed by atoms with Crippen molar-refractivity contribution in [3.05, 3.63) is 28.2 Å². The Balaban J connectivity index is 2.79. The minimum atomic E-state index is -3.90. The number of nitrogens with one attached hydrogen (secondary N) is 1. The molecule has 0 aliphatic heterocycles. The summed E-state index contributed by atoms with van der Waals surface area (Å²) in [5.41, 5.74) is 0.189. The molecule has 9 heteroatoms. The summed E-state index contributed by atoms with van der Waals surface area (Å²) in [6, 6.07) is 4.04. The van der Waals surface area contributed by atoms with E-state index in [0.29, 0.717) is 17.4 Å². The molecule has 0 radical (unpaired) electrons. The lowest BCUT2D eigenvalue weighted by molar-refractivity contribution is 0.0953. The van der Waals surface area contributed by atoms with Crippen LogP contribution in [0.3, 0.4) is 0 Å². The van der Waals surface area contributed by atoms with E-state index in [1.54, 1.807) is 6.26 Å². The molecule has 0 saturated heterocycles. The first kappa shape index (κ1) is 18.6. The second-order valence-corrected chi connectivity index (χ2v) is 9.75. The van der Waals surface area contributed by atoms with Crippen LogP contribution in [0.15, 0.2) is 27.6 Å². The van der Waals surface area contributed by atoms with Crippen LogP contribution >= 0.6 is 26.6 Å². The van der Waals surface area contributed by atoms with Crippen molar-refractivity contribution in [2.45, 2.75) is 23.5 Å². The summed E-state index contributed by atoms with van der Waals surface area (Å²) >= 11 is 3.14. The predicted molar refractivity (Wildman–Crippen MR) is 87.7 cm³/mol. The third-order valence-electron chi connectivity index (χ3n) is 2.82. The van der Waals surface area contributed by atoms with Crippen LogP contribution in [-0.4, -0.2) is 36.6 Å². The Labute approximate surface area is 139 Å². The Kier molecular flexibility index (Phi) is 6.83. The zero-order valence-electron chi connectivity index (χ0n) is 11.4. The fourth-order valence-electron chi connectivity index (χ4n) is 1.49. The Hall–Kier alpha value is -0.440. The minimum Gasteiger partial charge on any atom is -0.352 e. The fraction of sp³-hybridized carbons (Fsp3) is 0.417. The van der Waals surface area contributed by atoms with Gasteiger partial charge in [0.2, 0.25) is 0 Å². The van der Waals surface area contributed by atoms with Gasteiger partial charge >= 0.3 is 0 Å². The van der Waals surface area contributed by atoms with E-state index < -0.39 is 25.8 Å². The van der Waals surface area contributed by atoms with E-state index in [1.165, 1.54) is 18.2 Å². The molecule has 2 atom stereocenters. The van der Waals surface area contributed by atoms with Crippen molar-refractivity contribution < 1.29 is 17.4 Å². The summed E-state index contributed by atoms with van der Waals surface area (Å²) in [4.78, 5) is 11.8. The minimum absolute atomic E-state index is 0.0217. The van der Waals surface area contributed by atoms with E-state index >= 15 is 0 Å². The number of benzene rings is 1. The maximum atomic E-state index is 12.0. The van der Waals surface area contributed by atoms with Crippen LogP contribution in [0.5, 0.6) is 0 Å². The summed E-state index contributed by atoms with van der Waals surface area (Å²) in [6.07, 6.45) is 2.18. The van der Waals surface area contributed by atoms with Gasteiger partial charge in [-0.3, -0.25) is 9.00 Å². The molecule has 1 N–H and O–H groups in total. The maximum absolute atomic E-state index is 12.0. The number of hydrogen-bond donors (Lipinski definition) is 1. The molecule has 1 amide bonds. The van der Waals surface area contributed by atoms with E-state index in [0.717, 1.165) is 0 Å². The van der Waals surface area contributed by atoms with Gasteiger partial charge in [-0.1, -0.05) is 22.9 Å². The summed E-state index contributed by atoms with van der Waals surface area (Å²) in [5, 5.41) is 2.64. The number of hydrogen-bond acceptors (Lipinski definition) is 4. The van der Waals surface area contributed by atoms with Crippen LogP contribution in [0.1, 0.15) is 23.7 Å². The molecule has 2 unspecified atom stereocenters. The van der Waals surface area contributed by atoms with Crippen LogP contribution in [0.25, 0.3) is 0 Å². The molecule has 0 saturated carbocycles. The fourth-order valence-corrected chi connectivity index (χ4v) is 3.39. The molecular weight excluding hydrogens is 402 g/mol. The summed E-state index contributed by atoms with van der Waals surface area (Å²) in [7, 11) is 0.425. The van der Waals surface area contributed by atoms with Crippen LogP contribution in [0.2, 0.25) is 0 Å². The van der Waals surface area contributed by atoms with E-state index in [9.17, 15) is 17.4 Å². The molecule has 1 rings (SSSR count). The summed E-state index contributed by atoms with van der Waals surface area (Å²) in [5.74, 6) is -0.410. The molecule has 0 aliphatic carbocycles. The average Bonchev–Trinajstić information content (AvgIpc) is 2.36. The maximum Gasteiger partial charge on any atom is 0.261 e. The second kappa shape index (κ2) is 7.71. The van der Waals surface area contributed by atoms with Crippen LogP contribution in [0, 0.1) is 0 Å². The zero-order chi connectivity index (χ0) is 16.2. The van der Waals surface area contributed by atoms with Gasteiger partial charge in [0, 0.05) is 49.6 Å². The van der Waals surface area contributed by atoms with Crippen molar-refractivity contribution in [3.8, 4) is 0 Å². The zero-order valence-corrected chi connectivity index (χ0v) is 15.4. The largest absolute Gasteiger partial charge is 0.352 e. The number of carbonyl (C=O) groups excluding carboxylic acids is 1. The first-order chi connectivity index (χ1) is 9.61. The van der Waals surface area contributed by atoms with E-state index in [2.05, 4.69) is 21.2 Å². The van der Waals surface area contributed by atoms with E-state index in [4.69, 9.17) is 10.7 Å². The van der Waals surface area contributed by atoms with E-state index in [1.807, 2.05) is 6.92 Å². The third kappa shape index (κ3) is 6.06. The lowest BCUT2D eigenvalue weighted by Crippen LogP contribution is -2.27. The molecule has 1 aromatic carbocycles. The van der Waals surface area contributed by atoms with Gasteiger partial charge in [0.25, 0.3) is 15.0 Å². The number of rotatable bonds is 6. The standard InChI is InChI=1S/C12H15BrClNO4S2/c1-8(20(2)17)3-4-15-12(16)9-5-10(13)7-11(6-9)21(14,18)19/h5-8H,3-4H2,1-2H3,(H,15,16). The number of amides is 1. The first-order valence-electron chi connectivity index (χ1n) is 5.97. The van der Waals surface area contributed by atoms with Crippen molar-refractivity contribution in [2.24, 2.45) is 0 Å². The van der Waals surface area contributed by atoms with E-state index in [-0.39, 0.29) is 15.7 Å². The average molecular weight is 417 g/mol. The SMILES string of the molecule is CC(CCNC(=O)c1cc(Br)cc(S(=O)(=O)Cl)c1)S(C)=O. The first-order valence-corrected chi connectivity index (χ1v) is 10.7. The van der Waals surface area contributed by atoms with Crippen LogP contribution in [0.4, 0.5) is 0 Å². The highest BCUT2D eigenvalue weighted by Gasteiger charge is 2.15. The van der Waals surface area contributed by atoms with Gasteiger partial charge in [0.1, 0.15) is 0 Å². The molecule has 1 aromatic rings. The topological polar surface area (TPSA) is 80.3 Å². The Bertz CT molecular complexity index is 663. The van der Waals surface area contributed by atoms with Crippen molar-refractivity contribution in [1.29, 1.82) is 0 Å². The molecule has 21 heavy (non-hydrogen) atoms. The normalized spacial score (nSPS) is 14.5. The van der Waals surface area contributed by atoms with Gasteiger partial charge in [-0.2, -0.15) is 0 Å². The lowest BCUT2D eigenvalue weighted by atomic mass is 10.2. The molecule has 0 aliphatic rings. The monoisotopic (exact) mass is 415 g/mol. The lowest BCUT2D eigenvalue weighted by Gasteiger charge is -2.10. The number of carbonyl (C=O) groups is 1. The second-order valence-electron chi connectivity index (χ2n) is 4.47. The molecule has 0 spiro atoms. The smallest absolute Gasteiger partial charge is 0.261 e. The molecular formula is C12H15BrClNO4S2. The molecule has 118 valence electrons. The highest BCUT2D eigenvalue weighted by atomic mass is 79.9. The van der Waals surface area contributed by atoms with Gasteiger partial charge in [-0.25, -0.2) is 8.42 Å². The van der Waals surface area contributed by atoms with Crippen molar-refractivity contribution in [3.63, 3.8) is 0 Å². The van der Waals surface area contributed by atoms with Gasteiger partial charge in [-0.05, 0) is 24.6 Å². The number of halogens is 2. The van der Waals surface area contributed by atoms with Crippen molar-refractivity contribution in [1.82, 2.24) is 5.32 Å². The Morgan fingerprint density at radius 1 is 1.43 bits per heavy atom. The van der Waals surface area contributed by atoms with Crippen LogP contribution in [-0.2, 0) is 19.9 Å². The van der Waals surface area contributed by atoms with Crippen molar-refractivity contribution >= 4 is 52.4 Å². The summed E-state index contributed by atoms with van der Waals surface area (Å²) in [6.45, 7) is 2.19.